The van der Waals surface area contributed by atoms with E-state index in [0.29, 0.717) is 4.47 Å². The van der Waals surface area contributed by atoms with Gasteiger partial charge in [-0.3, -0.25) is 4.79 Å². The lowest BCUT2D eigenvalue weighted by Gasteiger charge is -1.99. The fourth-order valence-corrected chi connectivity index (χ4v) is 2.88. The minimum Gasteiger partial charge on any atom is -0.464 e. The number of ketones is 1. The number of thiazole rings is 1. The third kappa shape index (κ3) is 2.78. The van der Waals surface area contributed by atoms with Crippen molar-refractivity contribution in [2.75, 3.05) is 7.11 Å². The molecule has 2 rings (SSSR count). The molecule has 1 heterocycles. The van der Waals surface area contributed by atoms with Crippen LogP contribution in [0.3, 0.4) is 0 Å². The Balaban J connectivity index is 2.58. The maximum Gasteiger partial charge on any atom is 0.358 e. The molecule has 2 aromatic rings. The summed E-state index contributed by atoms with van der Waals surface area (Å²) in [5.74, 6) is -1.51. The molecule has 0 amide bonds. The number of Topliss-reactive ketones (excluding diaryl/α,β-unsaturated/α-hetero) is 1. The zero-order valence-electron chi connectivity index (χ0n) is 10.6. The van der Waals surface area contributed by atoms with Crippen molar-refractivity contribution >= 4 is 39.0 Å². The number of carbonyl (C=O) groups excluding carboxylic acids is 2. The second kappa shape index (κ2) is 5.80. The topological polar surface area (TPSA) is 56.3 Å². The van der Waals surface area contributed by atoms with Crippen LogP contribution in [0, 0.1) is 5.82 Å². The number of hydrogen-bond donors (Lipinski definition) is 0. The quantitative estimate of drug-likeness (QED) is 0.620. The molecule has 0 aliphatic heterocycles. The molecule has 0 saturated heterocycles. The summed E-state index contributed by atoms with van der Waals surface area (Å²) >= 11 is 4.13. The smallest absolute Gasteiger partial charge is 0.358 e. The number of methoxy groups -OCH3 is 1. The molecule has 4 nitrogen and oxygen atoms in total. The van der Waals surface area contributed by atoms with Gasteiger partial charge in [-0.15, -0.1) is 11.3 Å². The first-order chi connectivity index (χ1) is 9.43. The molecule has 104 valence electrons. The molecular formula is C13H9BrFNO3S. The molecule has 1 aromatic heterocycles. The average molecular weight is 358 g/mol. The second-order valence-electron chi connectivity index (χ2n) is 3.87. The van der Waals surface area contributed by atoms with Crippen molar-refractivity contribution < 1.29 is 18.7 Å². The summed E-state index contributed by atoms with van der Waals surface area (Å²) in [6.45, 7) is 1.32. The van der Waals surface area contributed by atoms with Gasteiger partial charge in [-0.2, -0.15) is 0 Å². The Hall–Kier alpha value is -1.60. The largest absolute Gasteiger partial charge is 0.464 e. The molecule has 0 radical (unpaired) electrons. The van der Waals surface area contributed by atoms with E-state index in [1.165, 1.54) is 26.2 Å². The van der Waals surface area contributed by atoms with Gasteiger partial charge in [0.2, 0.25) is 0 Å². The van der Waals surface area contributed by atoms with Crippen LogP contribution < -0.4 is 0 Å². The molecule has 0 aliphatic carbocycles. The van der Waals surface area contributed by atoms with E-state index in [-0.39, 0.29) is 26.9 Å². The highest BCUT2D eigenvalue weighted by atomic mass is 79.9. The lowest BCUT2D eigenvalue weighted by molar-refractivity contribution is 0.0591. The van der Waals surface area contributed by atoms with Gasteiger partial charge >= 0.3 is 5.97 Å². The van der Waals surface area contributed by atoms with E-state index in [2.05, 4.69) is 25.7 Å². The summed E-state index contributed by atoms with van der Waals surface area (Å²) in [6.07, 6.45) is 0. The van der Waals surface area contributed by atoms with Gasteiger partial charge in [0.15, 0.2) is 11.5 Å². The zero-order chi connectivity index (χ0) is 14.9. The predicted molar refractivity (Wildman–Crippen MR) is 76.6 cm³/mol. The Labute approximate surface area is 126 Å². The van der Waals surface area contributed by atoms with Crippen LogP contribution in [0.4, 0.5) is 4.39 Å². The Morgan fingerprint density at radius 2 is 2.10 bits per heavy atom. The first-order valence-corrected chi connectivity index (χ1v) is 7.10. The van der Waals surface area contributed by atoms with Crippen molar-refractivity contribution in [2.45, 2.75) is 6.92 Å². The van der Waals surface area contributed by atoms with Crippen LogP contribution in [0.5, 0.6) is 0 Å². The molecule has 1 aromatic carbocycles. The Morgan fingerprint density at radius 1 is 1.40 bits per heavy atom. The number of nitrogens with zero attached hydrogens (tertiary/aromatic N) is 1. The molecule has 7 heteroatoms. The fraction of sp³-hybridized carbons (Fsp3) is 0.154. The second-order valence-corrected chi connectivity index (χ2v) is 5.78. The number of halogens is 2. The third-order valence-corrected chi connectivity index (χ3v) is 4.17. The lowest BCUT2D eigenvalue weighted by atomic mass is 10.2. The van der Waals surface area contributed by atoms with Gasteiger partial charge in [-0.05, 0) is 18.2 Å². The zero-order valence-corrected chi connectivity index (χ0v) is 13.0. The van der Waals surface area contributed by atoms with Crippen LogP contribution in [0.1, 0.15) is 27.1 Å². The monoisotopic (exact) mass is 357 g/mol. The van der Waals surface area contributed by atoms with E-state index in [4.69, 9.17) is 0 Å². The summed E-state index contributed by atoms with van der Waals surface area (Å²) < 4.78 is 19.1. The highest BCUT2D eigenvalue weighted by molar-refractivity contribution is 9.10. The molecule has 0 saturated carbocycles. The normalized spacial score (nSPS) is 10.4. The van der Waals surface area contributed by atoms with E-state index < -0.39 is 11.8 Å². The van der Waals surface area contributed by atoms with E-state index >= 15 is 0 Å². The van der Waals surface area contributed by atoms with Gasteiger partial charge in [0, 0.05) is 17.0 Å². The van der Waals surface area contributed by atoms with E-state index in [9.17, 15) is 14.0 Å². The summed E-state index contributed by atoms with van der Waals surface area (Å²) in [4.78, 5) is 27.3. The number of hydrogen-bond acceptors (Lipinski definition) is 5. The van der Waals surface area contributed by atoms with E-state index in [1.807, 2.05) is 0 Å². The van der Waals surface area contributed by atoms with Crippen LogP contribution >= 0.6 is 27.3 Å². The summed E-state index contributed by atoms with van der Waals surface area (Å²) in [7, 11) is 1.20. The molecular weight excluding hydrogens is 349 g/mol. The van der Waals surface area contributed by atoms with E-state index in [0.717, 1.165) is 11.3 Å². The van der Waals surface area contributed by atoms with Crippen LogP contribution in [0.15, 0.2) is 22.7 Å². The summed E-state index contributed by atoms with van der Waals surface area (Å²) in [5.41, 5.74) is 0.151. The number of esters is 1. The highest BCUT2D eigenvalue weighted by Crippen LogP contribution is 2.31. The van der Waals surface area contributed by atoms with Gasteiger partial charge in [-0.1, -0.05) is 15.9 Å². The van der Waals surface area contributed by atoms with Gasteiger partial charge in [0.05, 0.1) is 7.11 Å². The first kappa shape index (κ1) is 14.8. The molecule has 0 fully saturated rings. The van der Waals surface area contributed by atoms with Crippen molar-refractivity contribution in [3.63, 3.8) is 0 Å². The van der Waals surface area contributed by atoms with Gasteiger partial charge in [0.1, 0.15) is 15.7 Å². The average Bonchev–Trinajstić information content (AvgIpc) is 2.82. The van der Waals surface area contributed by atoms with Crippen LogP contribution in [0.2, 0.25) is 0 Å². The highest BCUT2D eigenvalue weighted by Gasteiger charge is 2.23. The minimum atomic E-state index is -0.713. The van der Waals surface area contributed by atoms with Crippen molar-refractivity contribution in [3.8, 4) is 10.6 Å². The standard InChI is InChI=1S/C13H9BrFNO3S/c1-6(17)11-10(13(18)19-2)16-12(20-11)8-4-3-7(14)5-9(8)15/h3-5H,1-2H3. The number of carbonyl (C=O) groups is 2. The molecule has 0 unspecified atom stereocenters. The van der Waals surface area contributed by atoms with Gasteiger partial charge < -0.3 is 4.74 Å². The molecule has 0 atom stereocenters. The third-order valence-electron chi connectivity index (χ3n) is 2.49. The molecule has 0 aliphatic rings. The number of benzene rings is 1. The summed E-state index contributed by atoms with van der Waals surface area (Å²) in [5, 5.41) is 0.264. The van der Waals surface area contributed by atoms with Crippen molar-refractivity contribution in [2.24, 2.45) is 0 Å². The molecule has 0 spiro atoms. The van der Waals surface area contributed by atoms with Crippen LogP contribution in [0.25, 0.3) is 10.6 Å². The molecule has 0 bridgehead atoms. The lowest BCUT2D eigenvalue weighted by Crippen LogP contribution is -2.06. The van der Waals surface area contributed by atoms with Crippen molar-refractivity contribution in [1.29, 1.82) is 0 Å². The number of aromatic nitrogens is 1. The number of ether oxygens (including phenoxy) is 1. The Morgan fingerprint density at radius 3 is 2.65 bits per heavy atom. The van der Waals surface area contributed by atoms with Gasteiger partial charge in [-0.25, -0.2) is 14.2 Å². The summed E-state index contributed by atoms with van der Waals surface area (Å²) in [6, 6.07) is 4.48. The van der Waals surface area contributed by atoms with Crippen LogP contribution in [-0.2, 0) is 4.74 Å². The minimum absolute atomic E-state index is 0.0812. The maximum atomic E-state index is 13.9. The number of rotatable bonds is 3. The SMILES string of the molecule is COC(=O)c1nc(-c2ccc(Br)cc2F)sc1C(C)=O. The van der Waals surface area contributed by atoms with Crippen LogP contribution in [-0.4, -0.2) is 23.8 Å². The van der Waals surface area contributed by atoms with Crippen molar-refractivity contribution in [3.05, 3.63) is 39.1 Å². The Bertz CT molecular complexity index is 699. The fourth-order valence-electron chi connectivity index (χ4n) is 1.57. The molecule has 20 heavy (non-hydrogen) atoms. The molecule has 0 N–H and O–H groups in total. The van der Waals surface area contributed by atoms with Gasteiger partial charge in [0.25, 0.3) is 0 Å². The Kier molecular flexibility index (Phi) is 4.29. The maximum absolute atomic E-state index is 13.9. The predicted octanol–water partition coefficient (Wildman–Crippen LogP) is 3.70. The first-order valence-electron chi connectivity index (χ1n) is 5.49. The van der Waals surface area contributed by atoms with Crippen molar-refractivity contribution in [1.82, 2.24) is 4.98 Å². The van der Waals surface area contributed by atoms with E-state index in [1.54, 1.807) is 6.07 Å².